The highest BCUT2D eigenvalue weighted by atomic mass is 16.7. The van der Waals surface area contributed by atoms with Crippen molar-refractivity contribution in [2.45, 2.75) is 137 Å². The number of carbonyl (C=O) groups is 4. The maximum atomic E-state index is 15.1. The average Bonchev–Trinajstić information content (AvgIpc) is 3.44. The molecule has 0 radical (unpaired) electrons. The molecule has 14 unspecified atom stereocenters. The molecule has 63 heavy (non-hydrogen) atoms. The third-order valence-corrected chi connectivity index (χ3v) is 15.1. The SMILES string of the molecule is COc1cc(O)cc(C)c1C(=O)OC1C(C)OC(OC2CC(C)=CC3C2CC(C)C2/C(C)=C\CC/C(C)=C\C4(C)C=C(C(=O)O)C(C)CC45OC(=O)C(=C(O)C32C)C5=O)C(O)C1O. The van der Waals surface area contributed by atoms with E-state index in [1.165, 1.54) is 25.3 Å². The Hall–Kier alpha value is -4.76. The van der Waals surface area contributed by atoms with Gasteiger partial charge in [0.15, 0.2) is 18.0 Å². The number of methoxy groups -OCH3 is 1. The van der Waals surface area contributed by atoms with Crippen molar-refractivity contribution in [2.24, 2.45) is 40.4 Å². The van der Waals surface area contributed by atoms with E-state index in [2.05, 4.69) is 19.1 Å². The lowest BCUT2D eigenvalue weighted by Crippen LogP contribution is -2.60. The summed E-state index contributed by atoms with van der Waals surface area (Å²) >= 11 is 0. The van der Waals surface area contributed by atoms with Crippen LogP contribution in [-0.4, -0.2) is 98.7 Å². The molecule has 2 bridgehead atoms. The molecule has 5 N–H and O–H groups in total. The Morgan fingerprint density at radius 3 is 2.32 bits per heavy atom. The van der Waals surface area contributed by atoms with Gasteiger partial charge >= 0.3 is 17.9 Å². The van der Waals surface area contributed by atoms with Crippen LogP contribution in [0.3, 0.4) is 0 Å². The van der Waals surface area contributed by atoms with Crippen LogP contribution in [0.4, 0.5) is 0 Å². The summed E-state index contributed by atoms with van der Waals surface area (Å²) in [4.78, 5) is 55.3. The molecule has 0 amide bonds. The third kappa shape index (κ3) is 7.54. The van der Waals surface area contributed by atoms with Crippen LogP contribution in [-0.2, 0) is 33.3 Å². The molecule has 1 spiro atoms. The zero-order chi connectivity index (χ0) is 46.2. The van der Waals surface area contributed by atoms with Crippen molar-refractivity contribution >= 4 is 23.7 Å². The van der Waals surface area contributed by atoms with Gasteiger partial charge in [-0.1, -0.05) is 61.8 Å². The van der Waals surface area contributed by atoms with E-state index in [4.69, 9.17) is 23.7 Å². The van der Waals surface area contributed by atoms with E-state index in [1.807, 2.05) is 33.8 Å². The van der Waals surface area contributed by atoms with E-state index in [-0.39, 0.29) is 52.6 Å². The van der Waals surface area contributed by atoms with E-state index in [0.29, 0.717) is 31.2 Å². The van der Waals surface area contributed by atoms with Crippen LogP contribution in [0, 0.1) is 47.3 Å². The van der Waals surface area contributed by atoms with Crippen LogP contribution in [0.15, 0.2) is 70.1 Å². The number of phenolic OH excluding ortho intramolecular Hbond substituents is 1. The van der Waals surface area contributed by atoms with Gasteiger partial charge in [-0.3, -0.25) is 4.79 Å². The predicted octanol–water partition coefficient (Wildman–Crippen LogP) is 6.75. The minimum Gasteiger partial charge on any atom is -0.511 e. The number of rotatable bonds is 6. The first kappa shape index (κ1) is 46.2. The molecule has 2 heterocycles. The van der Waals surface area contributed by atoms with Crippen LogP contribution in [0.1, 0.15) is 103 Å². The molecule has 4 aliphatic carbocycles. The fraction of sp³-hybridized carbons (Fsp3) is 0.592. The van der Waals surface area contributed by atoms with Gasteiger partial charge in [0.1, 0.15) is 40.6 Å². The van der Waals surface area contributed by atoms with E-state index < -0.39 is 94.3 Å². The second kappa shape index (κ2) is 16.7. The van der Waals surface area contributed by atoms with Gasteiger partial charge in [-0.25, -0.2) is 14.4 Å². The molecule has 1 aromatic carbocycles. The van der Waals surface area contributed by atoms with Gasteiger partial charge < -0.3 is 49.2 Å². The molecule has 14 atom stereocenters. The van der Waals surface area contributed by atoms with Gasteiger partial charge in [-0.2, -0.15) is 0 Å². The number of carboxylic acids is 1. The zero-order valence-electron chi connectivity index (χ0n) is 37.8. The number of hydrogen-bond acceptors (Lipinski definition) is 13. The number of fused-ring (bicyclic) bond motifs is 4. The van der Waals surface area contributed by atoms with Gasteiger partial charge in [0.2, 0.25) is 5.78 Å². The Balaban J connectivity index is 1.24. The van der Waals surface area contributed by atoms with Crippen molar-refractivity contribution in [1.82, 2.24) is 0 Å². The number of allylic oxidation sites excluding steroid dienone is 5. The van der Waals surface area contributed by atoms with E-state index in [9.17, 15) is 39.9 Å². The summed E-state index contributed by atoms with van der Waals surface area (Å²) in [7, 11) is 1.34. The molecule has 6 aliphatic rings. The van der Waals surface area contributed by atoms with E-state index in [1.54, 1.807) is 27.7 Å². The number of Topliss-reactive ketones (excluding diaryl/α,β-unsaturated/α-hetero) is 1. The fourth-order valence-corrected chi connectivity index (χ4v) is 12.2. The summed E-state index contributed by atoms with van der Waals surface area (Å²) < 4.78 is 30.1. The lowest BCUT2D eigenvalue weighted by molar-refractivity contribution is -0.310. The molecule has 3 fully saturated rings. The number of ketones is 1. The molecule has 1 aromatic rings. The van der Waals surface area contributed by atoms with E-state index >= 15 is 4.79 Å². The summed E-state index contributed by atoms with van der Waals surface area (Å²) in [5.74, 6) is -5.98. The molecule has 1 saturated carbocycles. The predicted molar refractivity (Wildman–Crippen MR) is 228 cm³/mol. The summed E-state index contributed by atoms with van der Waals surface area (Å²) in [6, 6.07) is 2.65. The number of carbonyl (C=O) groups excluding carboxylic acids is 3. The van der Waals surface area contributed by atoms with Crippen LogP contribution in [0.25, 0.3) is 0 Å². The van der Waals surface area contributed by atoms with Crippen molar-refractivity contribution in [1.29, 1.82) is 0 Å². The monoisotopic (exact) mass is 874 g/mol. The molecular formula is C49H62O14. The summed E-state index contributed by atoms with van der Waals surface area (Å²) in [6.07, 6.45) is 2.29. The molecule has 14 heteroatoms. The Morgan fingerprint density at radius 2 is 1.65 bits per heavy atom. The number of hydrogen-bond donors (Lipinski definition) is 5. The first-order chi connectivity index (χ1) is 29.5. The largest absolute Gasteiger partial charge is 0.511 e. The molecule has 0 aromatic heterocycles. The van der Waals surface area contributed by atoms with Gasteiger partial charge in [0.25, 0.3) is 0 Å². The smallest absolute Gasteiger partial charge is 0.346 e. The maximum Gasteiger partial charge on any atom is 0.346 e. The van der Waals surface area contributed by atoms with Crippen molar-refractivity contribution in [3.05, 3.63) is 81.2 Å². The minimum atomic E-state index is -1.80. The average molecular weight is 875 g/mol. The second-order valence-electron chi connectivity index (χ2n) is 19.5. The summed E-state index contributed by atoms with van der Waals surface area (Å²) in [5.41, 5.74) is -1.50. The number of aryl methyl sites for hydroxylation is 1. The highest BCUT2D eigenvalue weighted by Crippen LogP contribution is 2.62. The lowest BCUT2D eigenvalue weighted by Gasteiger charge is -2.56. The number of carboxylic acid groups (broad SMARTS) is 1. The number of aromatic hydroxyl groups is 1. The summed E-state index contributed by atoms with van der Waals surface area (Å²) in [6.45, 7) is 16.4. The number of aliphatic carboxylic acids is 1. The number of aliphatic hydroxyl groups excluding tert-OH is 3. The number of ether oxygens (including phenoxy) is 5. The maximum absolute atomic E-state index is 15.1. The normalized spacial score (nSPS) is 41.0. The van der Waals surface area contributed by atoms with Crippen LogP contribution >= 0.6 is 0 Å². The van der Waals surface area contributed by atoms with Crippen molar-refractivity contribution in [3.63, 3.8) is 0 Å². The second-order valence-corrected chi connectivity index (χ2v) is 19.5. The van der Waals surface area contributed by atoms with Gasteiger partial charge in [0.05, 0.1) is 24.7 Å². The third-order valence-electron chi connectivity index (χ3n) is 15.1. The molecule has 14 nitrogen and oxygen atoms in total. The number of benzene rings is 1. The standard InChI is InChI=1S/C49H62O14/c1-22-12-11-13-24(3)37-26(5)17-30-32(48(37,9)41(53)36-42(54)49(63-45(36)58)20-27(6)31(43(55)56)21-47(49,8)19-22)14-23(2)15-33(30)61-46-39(52)38(51)40(28(7)60-46)62-44(57)35-25(4)16-29(50)18-34(35)59-10/h13-14,16,18-19,21,26-28,30,32-33,37-40,46,50-53H,11-12,15,17,20H2,1-10H3,(H,55,56)/b22-19-,24-13-,41-36?. The Kier molecular flexibility index (Phi) is 12.2. The molecule has 2 aliphatic heterocycles. The number of aliphatic hydroxyl groups is 3. The van der Waals surface area contributed by atoms with Crippen molar-refractivity contribution < 1.29 is 68.4 Å². The minimum absolute atomic E-state index is 0.0443. The Labute approximate surface area is 368 Å². The van der Waals surface area contributed by atoms with Gasteiger partial charge in [-0.05, 0) is 108 Å². The lowest BCUT2D eigenvalue weighted by atomic mass is 9.48. The molecule has 7 rings (SSSR count). The molecule has 342 valence electrons. The first-order valence-electron chi connectivity index (χ1n) is 21.9. The van der Waals surface area contributed by atoms with Gasteiger partial charge in [-0.15, -0.1) is 0 Å². The quantitative estimate of drug-likeness (QED) is 0.114. The van der Waals surface area contributed by atoms with Crippen LogP contribution < -0.4 is 4.74 Å². The molecule has 2 saturated heterocycles. The molecular weight excluding hydrogens is 813 g/mol. The highest BCUT2D eigenvalue weighted by Gasteiger charge is 2.67. The van der Waals surface area contributed by atoms with Crippen molar-refractivity contribution in [2.75, 3.05) is 7.11 Å². The topological polar surface area (TPSA) is 216 Å². The highest BCUT2D eigenvalue weighted by molar-refractivity contribution is 6.26. The number of esters is 2. The fourth-order valence-electron chi connectivity index (χ4n) is 12.2. The van der Waals surface area contributed by atoms with Crippen molar-refractivity contribution in [3.8, 4) is 11.5 Å². The van der Waals surface area contributed by atoms with Crippen LogP contribution in [0.5, 0.6) is 11.5 Å². The Bertz CT molecular complexity index is 2250. The summed E-state index contributed by atoms with van der Waals surface area (Å²) in [5, 5.41) is 56.1. The van der Waals surface area contributed by atoms with E-state index in [0.717, 1.165) is 16.7 Å². The zero-order valence-corrected chi connectivity index (χ0v) is 37.8. The van der Waals surface area contributed by atoms with Gasteiger partial charge in [0, 0.05) is 23.5 Å². The first-order valence-corrected chi connectivity index (χ1v) is 21.9. The van der Waals surface area contributed by atoms with Crippen LogP contribution in [0.2, 0.25) is 0 Å². The Morgan fingerprint density at radius 1 is 0.952 bits per heavy atom. The number of phenols is 1.